The second-order valence-electron chi connectivity index (χ2n) is 6.89. The first kappa shape index (κ1) is 20.0. The molecule has 2 aliphatic heterocycles. The van der Waals surface area contributed by atoms with Gasteiger partial charge in [-0.2, -0.15) is 0 Å². The topological polar surface area (TPSA) is 100 Å². The van der Waals surface area contributed by atoms with Crippen molar-refractivity contribution < 1.29 is 9.47 Å². The maximum absolute atomic E-state index is 12.4. The first-order chi connectivity index (χ1) is 13.1. The molecule has 2 aliphatic rings. The normalized spacial score (nSPS) is 22.2. The van der Waals surface area contributed by atoms with Gasteiger partial charge in [0.2, 0.25) is 0 Å². The van der Waals surface area contributed by atoms with E-state index in [1.54, 1.807) is 0 Å². The van der Waals surface area contributed by atoms with Crippen LogP contribution in [-0.4, -0.2) is 42.2 Å². The lowest BCUT2D eigenvalue weighted by Crippen LogP contribution is -2.34. The molecule has 8 heteroatoms. The summed E-state index contributed by atoms with van der Waals surface area (Å²) in [5.41, 5.74) is 1.63. The number of nitrogens with one attached hydrogen (secondary N) is 3. The highest BCUT2D eigenvalue weighted by molar-refractivity contribution is 6.31. The van der Waals surface area contributed by atoms with Crippen molar-refractivity contribution >= 4 is 23.4 Å². The van der Waals surface area contributed by atoms with Crippen molar-refractivity contribution in [3.8, 4) is 0 Å². The Balaban J connectivity index is 1.96. The lowest BCUT2D eigenvalue weighted by molar-refractivity contribution is 0.000804. The minimum Gasteiger partial charge on any atom is -0.381 e. The number of H-pyrrole nitrogens is 1. The summed E-state index contributed by atoms with van der Waals surface area (Å²) in [5, 5.41) is 11.4. The fraction of sp³-hybridized carbons (Fsp3) is 0.632. The number of allylic oxidation sites excluding steroid dienone is 2. The summed E-state index contributed by atoms with van der Waals surface area (Å²) in [6.45, 7) is 4.01. The second-order valence-corrected chi connectivity index (χ2v) is 7.27. The molecule has 1 aromatic heterocycles. The number of hydrogen-bond donors (Lipinski definition) is 3. The van der Waals surface area contributed by atoms with Gasteiger partial charge in [-0.25, -0.2) is 4.98 Å². The number of ether oxygens (including phenoxy) is 2. The molecule has 0 amide bonds. The third kappa shape index (κ3) is 4.78. The minimum atomic E-state index is -0.369. The van der Waals surface area contributed by atoms with E-state index in [1.165, 1.54) is 6.21 Å². The van der Waals surface area contributed by atoms with Crippen LogP contribution in [0.2, 0.25) is 5.02 Å². The van der Waals surface area contributed by atoms with Gasteiger partial charge < -0.3 is 25.2 Å². The SMILES string of the molecule is CC/C(NC1CCCCO1)=C(/C=N)c1nc(C2CCOCC2)c(Cl)c(=O)[nH]1. The first-order valence-corrected chi connectivity index (χ1v) is 10.0. The molecule has 0 spiro atoms. The number of nitrogens with zero attached hydrogens (tertiary/aromatic N) is 1. The third-order valence-electron chi connectivity index (χ3n) is 5.09. The second kappa shape index (κ2) is 9.48. The van der Waals surface area contributed by atoms with E-state index in [4.69, 9.17) is 26.5 Å². The maximum atomic E-state index is 12.4. The van der Waals surface area contributed by atoms with Gasteiger partial charge in [0.15, 0.2) is 0 Å². The first-order valence-electron chi connectivity index (χ1n) is 9.63. The molecule has 0 radical (unpaired) electrons. The Hall–Kier alpha value is -1.70. The third-order valence-corrected chi connectivity index (χ3v) is 5.45. The van der Waals surface area contributed by atoms with Crippen LogP contribution >= 0.6 is 11.6 Å². The molecule has 27 heavy (non-hydrogen) atoms. The molecule has 1 unspecified atom stereocenters. The van der Waals surface area contributed by atoms with Gasteiger partial charge in [0.1, 0.15) is 17.1 Å². The Morgan fingerprint density at radius 2 is 2.11 bits per heavy atom. The smallest absolute Gasteiger partial charge is 0.270 e. The molecule has 3 N–H and O–H groups in total. The van der Waals surface area contributed by atoms with E-state index in [2.05, 4.69) is 15.3 Å². The Labute approximate surface area is 164 Å². The molecule has 0 aliphatic carbocycles. The van der Waals surface area contributed by atoms with Gasteiger partial charge in [-0.15, -0.1) is 0 Å². The number of halogens is 1. The van der Waals surface area contributed by atoms with Crippen LogP contribution < -0.4 is 10.9 Å². The molecular formula is C19H27ClN4O3. The Kier molecular flexibility index (Phi) is 7.04. The lowest BCUT2D eigenvalue weighted by Gasteiger charge is -2.26. The van der Waals surface area contributed by atoms with Crippen molar-refractivity contribution in [2.75, 3.05) is 19.8 Å². The lowest BCUT2D eigenvalue weighted by atomic mass is 9.96. The quantitative estimate of drug-likeness (QED) is 0.643. The van der Waals surface area contributed by atoms with Crippen LogP contribution in [0.1, 0.15) is 62.9 Å². The van der Waals surface area contributed by atoms with Crippen LogP contribution in [0, 0.1) is 5.41 Å². The summed E-state index contributed by atoms with van der Waals surface area (Å²) >= 11 is 6.26. The minimum absolute atomic E-state index is 0.0716. The molecule has 7 nitrogen and oxygen atoms in total. The molecule has 0 saturated carbocycles. The van der Waals surface area contributed by atoms with E-state index in [-0.39, 0.29) is 22.7 Å². The summed E-state index contributed by atoms with van der Waals surface area (Å²) in [4.78, 5) is 19.8. The van der Waals surface area contributed by atoms with Crippen molar-refractivity contribution in [2.45, 2.75) is 57.6 Å². The van der Waals surface area contributed by atoms with Gasteiger partial charge in [0, 0.05) is 37.7 Å². The highest BCUT2D eigenvalue weighted by atomic mass is 35.5. The summed E-state index contributed by atoms with van der Waals surface area (Å²) in [6.07, 6.45) is 6.50. The molecule has 2 saturated heterocycles. The monoisotopic (exact) mass is 394 g/mol. The predicted molar refractivity (Wildman–Crippen MR) is 105 cm³/mol. The van der Waals surface area contributed by atoms with Crippen molar-refractivity contribution in [2.24, 2.45) is 0 Å². The van der Waals surface area contributed by atoms with Crippen molar-refractivity contribution in [1.29, 1.82) is 5.41 Å². The zero-order chi connectivity index (χ0) is 19.2. The summed E-state index contributed by atoms with van der Waals surface area (Å²) < 4.78 is 11.2. The Bertz CT molecular complexity index is 750. The van der Waals surface area contributed by atoms with Crippen molar-refractivity contribution in [3.63, 3.8) is 0 Å². The van der Waals surface area contributed by atoms with Gasteiger partial charge >= 0.3 is 0 Å². The van der Waals surface area contributed by atoms with E-state index < -0.39 is 0 Å². The predicted octanol–water partition coefficient (Wildman–Crippen LogP) is 3.20. The van der Waals surface area contributed by atoms with Crippen molar-refractivity contribution in [3.05, 3.63) is 32.6 Å². The van der Waals surface area contributed by atoms with Crippen LogP contribution in [0.4, 0.5) is 0 Å². The van der Waals surface area contributed by atoms with Crippen LogP contribution in [0.15, 0.2) is 10.5 Å². The van der Waals surface area contributed by atoms with Gasteiger partial charge in [-0.3, -0.25) is 4.79 Å². The molecule has 3 rings (SSSR count). The molecule has 0 bridgehead atoms. The van der Waals surface area contributed by atoms with E-state index in [0.717, 1.165) is 44.4 Å². The van der Waals surface area contributed by atoms with Gasteiger partial charge in [-0.05, 0) is 38.5 Å². The average molecular weight is 395 g/mol. The van der Waals surface area contributed by atoms with Crippen molar-refractivity contribution in [1.82, 2.24) is 15.3 Å². The molecule has 0 aromatic carbocycles. The fourth-order valence-corrected chi connectivity index (χ4v) is 3.81. The van der Waals surface area contributed by atoms with Crippen LogP contribution in [-0.2, 0) is 9.47 Å². The van der Waals surface area contributed by atoms with E-state index >= 15 is 0 Å². The van der Waals surface area contributed by atoms with Crippen LogP contribution in [0.5, 0.6) is 0 Å². The molecule has 148 valence electrons. The van der Waals surface area contributed by atoms with E-state index in [1.807, 2.05) is 6.92 Å². The Morgan fingerprint density at radius 3 is 2.74 bits per heavy atom. The van der Waals surface area contributed by atoms with Gasteiger partial charge in [-0.1, -0.05) is 18.5 Å². The summed E-state index contributed by atoms with van der Waals surface area (Å²) in [6, 6.07) is 0. The summed E-state index contributed by atoms with van der Waals surface area (Å²) in [5.74, 6) is 0.472. The summed E-state index contributed by atoms with van der Waals surface area (Å²) in [7, 11) is 0. The van der Waals surface area contributed by atoms with Crippen LogP contribution in [0.25, 0.3) is 5.57 Å². The highest BCUT2D eigenvalue weighted by Crippen LogP contribution is 2.29. The fourth-order valence-electron chi connectivity index (χ4n) is 3.56. The number of aromatic nitrogens is 2. The molecule has 1 atom stereocenters. The van der Waals surface area contributed by atoms with Gasteiger partial charge in [0.25, 0.3) is 5.56 Å². The highest BCUT2D eigenvalue weighted by Gasteiger charge is 2.24. The number of aromatic amines is 1. The standard InChI is InChI=1S/C19H27ClN4O3/c1-2-14(22-15-5-3-4-8-27-15)13(11-21)18-23-17(16(20)19(25)24-18)12-6-9-26-10-7-12/h11-12,15,21-22H,2-10H2,1H3,(H,23,24,25)/b14-13+,21-11?. The van der Waals surface area contributed by atoms with Crippen LogP contribution in [0.3, 0.4) is 0 Å². The van der Waals surface area contributed by atoms with E-state index in [0.29, 0.717) is 36.7 Å². The number of hydrogen-bond acceptors (Lipinski definition) is 6. The van der Waals surface area contributed by atoms with Gasteiger partial charge in [0.05, 0.1) is 11.3 Å². The van der Waals surface area contributed by atoms with E-state index in [9.17, 15) is 4.79 Å². The maximum Gasteiger partial charge on any atom is 0.270 e. The largest absolute Gasteiger partial charge is 0.381 e. The zero-order valence-corrected chi connectivity index (χ0v) is 16.4. The average Bonchev–Trinajstić information content (AvgIpc) is 2.71. The molecular weight excluding hydrogens is 368 g/mol. The number of rotatable bonds is 6. The molecule has 2 fully saturated rings. The molecule has 3 heterocycles. The molecule has 1 aromatic rings. The zero-order valence-electron chi connectivity index (χ0n) is 15.6. The Morgan fingerprint density at radius 1 is 1.33 bits per heavy atom.